The first-order chi connectivity index (χ1) is 7.14. The molecule has 0 atom stereocenters. The van der Waals surface area contributed by atoms with Crippen LogP contribution in [0.15, 0.2) is 0 Å². The standard InChI is InChI=1S/C7H8F3NO4S/c8-7(9,10)16(13,14)15-4-1-6(2-4)3-5(12)11-6/h4H,1-3H2,(H,11,12). The fourth-order valence-electron chi connectivity index (χ4n) is 1.94. The van der Waals surface area contributed by atoms with Crippen LogP contribution >= 0.6 is 0 Å². The molecular formula is C7H8F3NO4S. The van der Waals surface area contributed by atoms with Crippen LogP contribution in [0, 0.1) is 0 Å². The minimum Gasteiger partial charge on any atom is -0.350 e. The fraction of sp³-hybridized carbons (Fsp3) is 0.857. The number of alkyl halides is 3. The molecule has 2 fully saturated rings. The van der Waals surface area contributed by atoms with Crippen molar-refractivity contribution in [3.63, 3.8) is 0 Å². The highest BCUT2D eigenvalue weighted by molar-refractivity contribution is 7.87. The fourth-order valence-corrected chi connectivity index (χ4v) is 2.55. The van der Waals surface area contributed by atoms with Crippen LogP contribution in [-0.4, -0.2) is 31.5 Å². The van der Waals surface area contributed by atoms with E-state index in [0.29, 0.717) is 0 Å². The van der Waals surface area contributed by atoms with Crippen molar-refractivity contribution in [1.82, 2.24) is 5.32 Å². The van der Waals surface area contributed by atoms with Crippen LogP contribution in [0.5, 0.6) is 0 Å². The average Bonchev–Trinajstić information content (AvgIpc) is 1.94. The molecule has 92 valence electrons. The Bertz CT molecular complexity index is 413. The Labute approximate surface area is 89.1 Å². The Morgan fingerprint density at radius 3 is 2.25 bits per heavy atom. The lowest BCUT2D eigenvalue weighted by Crippen LogP contribution is -2.69. The second-order valence-corrected chi connectivity index (χ2v) is 5.60. The Hall–Kier alpha value is -0.830. The summed E-state index contributed by atoms with van der Waals surface area (Å²) in [6.45, 7) is 0. The molecule has 1 spiro atoms. The van der Waals surface area contributed by atoms with E-state index in [1.165, 1.54) is 0 Å². The van der Waals surface area contributed by atoms with Crippen LogP contribution in [0.2, 0.25) is 0 Å². The van der Waals surface area contributed by atoms with Crippen molar-refractivity contribution in [3.05, 3.63) is 0 Å². The SMILES string of the molecule is O=C1CC2(CC(OS(=O)(=O)C(F)(F)F)C2)N1. The summed E-state index contributed by atoms with van der Waals surface area (Å²) < 4.78 is 61.0. The van der Waals surface area contributed by atoms with Crippen molar-refractivity contribution < 1.29 is 30.6 Å². The van der Waals surface area contributed by atoms with Gasteiger partial charge < -0.3 is 5.32 Å². The van der Waals surface area contributed by atoms with E-state index in [1.54, 1.807) is 0 Å². The van der Waals surface area contributed by atoms with E-state index in [0.717, 1.165) is 0 Å². The van der Waals surface area contributed by atoms with Gasteiger partial charge in [-0.05, 0) is 12.8 Å². The van der Waals surface area contributed by atoms with Gasteiger partial charge in [0.1, 0.15) is 0 Å². The number of nitrogens with one attached hydrogen (secondary N) is 1. The molecule has 1 aliphatic heterocycles. The van der Waals surface area contributed by atoms with Gasteiger partial charge in [0.2, 0.25) is 5.91 Å². The first kappa shape index (κ1) is 11.6. The summed E-state index contributed by atoms with van der Waals surface area (Å²) in [5.74, 6) is -0.183. The Balaban J connectivity index is 1.89. The lowest BCUT2D eigenvalue weighted by atomic mass is 9.67. The van der Waals surface area contributed by atoms with E-state index in [9.17, 15) is 26.4 Å². The third-order valence-corrected chi connectivity index (χ3v) is 3.78. The second-order valence-electron chi connectivity index (χ2n) is 4.03. The van der Waals surface area contributed by atoms with Gasteiger partial charge in [-0.2, -0.15) is 21.6 Å². The van der Waals surface area contributed by atoms with Gasteiger partial charge in [-0.15, -0.1) is 0 Å². The zero-order valence-corrected chi connectivity index (χ0v) is 8.69. The molecule has 16 heavy (non-hydrogen) atoms. The minimum absolute atomic E-state index is 0.105. The highest BCUT2D eigenvalue weighted by atomic mass is 32.2. The average molecular weight is 259 g/mol. The van der Waals surface area contributed by atoms with Crippen molar-refractivity contribution in [2.45, 2.75) is 36.4 Å². The maximum Gasteiger partial charge on any atom is 0.523 e. The zero-order valence-electron chi connectivity index (χ0n) is 7.87. The zero-order chi connectivity index (χ0) is 12.2. The lowest BCUT2D eigenvalue weighted by molar-refractivity contribution is -0.142. The number of hydrogen-bond acceptors (Lipinski definition) is 4. The Morgan fingerprint density at radius 1 is 1.38 bits per heavy atom. The van der Waals surface area contributed by atoms with Crippen LogP contribution < -0.4 is 5.32 Å². The van der Waals surface area contributed by atoms with E-state index in [-0.39, 0.29) is 25.2 Å². The monoisotopic (exact) mass is 259 g/mol. The molecule has 0 radical (unpaired) electrons. The molecule has 5 nitrogen and oxygen atoms in total. The Morgan fingerprint density at radius 2 is 1.88 bits per heavy atom. The Kier molecular flexibility index (Phi) is 2.26. The molecule has 0 aromatic rings. The third-order valence-electron chi connectivity index (χ3n) is 2.69. The van der Waals surface area contributed by atoms with Crippen LogP contribution in [0.3, 0.4) is 0 Å². The molecule has 0 aromatic carbocycles. The summed E-state index contributed by atoms with van der Waals surface area (Å²) in [4.78, 5) is 10.6. The van der Waals surface area contributed by atoms with Gasteiger partial charge in [0.15, 0.2) is 0 Å². The number of halogens is 3. The highest BCUT2D eigenvalue weighted by Gasteiger charge is 2.57. The van der Waals surface area contributed by atoms with Gasteiger partial charge in [-0.25, -0.2) is 0 Å². The van der Waals surface area contributed by atoms with Crippen molar-refractivity contribution in [2.24, 2.45) is 0 Å². The molecule has 0 unspecified atom stereocenters. The maximum atomic E-state index is 11.9. The van der Waals surface area contributed by atoms with Crippen molar-refractivity contribution >= 4 is 16.0 Å². The van der Waals surface area contributed by atoms with Crippen molar-refractivity contribution in [2.75, 3.05) is 0 Å². The van der Waals surface area contributed by atoms with Crippen LogP contribution in [0.25, 0.3) is 0 Å². The first-order valence-corrected chi connectivity index (χ1v) is 5.85. The lowest BCUT2D eigenvalue weighted by Gasteiger charge is -2.52. The number of amides is 1. The molecule has 1 heterocycles. The van der Waals surface area contributed by atoms with Crippen LogP contribution in [0.1, 0.15) is 19.3 Å². The van der Waals surface area contributed by atoms with Gasteiger partial charge in [0.25, 0.3) is 0 Å². The summed E-state index contributed by atoms with van der Waals surface area (Å²) >= 11 is 0. The number of hydrogen-bond donors (Lipinski definition) is 1. The second kappa shape index (κ2) is 3.10. The van der Waals surface area contributed by atoms with E-state index in [1.807, 2.05) is 0 Å². The largest absolute Gasteiger partial charge is 0.523 e. The third kappa shape index (κ3) is 1.77. The summed E-state index contributed by atoms with van der Waals surface area (Å²) in [6, 6.07) is 0. The summed E-state index contributed by atoms with van der Waals surface area (Å²) in [5, 5.41) is 2.52. The quantitative estimate of drug-likeness (QED) is 0.439. The topological polar surface area (TPSA) is 72.5 Å². The number of carbonyl (C=O) groups excluding carboxylic acids is 1. The first-order valence-electron chi connectivity index (χ1n) is 4.44. The van der Waals surface area contributed by atoms with E-state index in [2.05, 4.69) is 9.50 Å². The molecule has 2 aliphatic rings. The number of rotatable bonds is 2. The molecule has 1 saturated heterocycles. The summed E-state index contributed by atoms with van der Waals surface area (Å²) in [5.41, 5.74) is -5.92. The van der Waals surface area contributed by atoms with Gasteiger partial charge >= 0.3 is 15.6 Å². The van der Waals surface area contributed by atoms with Crippen molar-refractivity contribution in [1.29, 1.82) is 0 Å². The smallest absolute Gasteiger partial charge is 0.350 e. The minimum atomic E-state index is -5.52. The van der Waals surface area contributed by atoms with Gasteiger partial charge in [0, 0.05) is 6.42 Å². The molecule has 1 amide bonds. The molecule has 0 aromatic heterocycles. The molecule has 2 rings (SSSR count). The molecule has 0 bridgehead atoms. The van der Waals surface area contributed by atoms with Crippen LogP contribution in [-0.2, 0) is 19.1 Å². The highest BCUT2D eigenvalue weighted by Crippen LogP contribution is 2.43. The number of β-lactam (4-membered cyclic amide) rings is 1. The molecule has 1 N–H and O–H groups in total. The maximum absolute atomic E-state index is 11.9. The van der Waals surface area contributed by atoms with Crippen molar-refractivity contribution in [3.8, 4) is 0 Å². The van der Waals surface area contributed by atoms with E-state index >= 15 is 0 Å². The van der Waals surface area contributed by atoms with E-state index < -0.39 is 27.3 Å². The van der Waals surface area contributed by atoms with E-state index in [4.69, 9.17) is 0 Å². The molecule has 1 saturated carbocycles. The van der Waals surface area contributed by atoms with Gasteiger partial charge in [-0.3, -0.25) is 8.98 Å². The number of carbonyl (C=O) groups is 1. The summed E-state index contributed by atoms with van der Waals surface area (Å²) in [7, 11) is -5.52. The predicted molar refractivity (Wildman–Crippen MR) is 44.6 cm³/mol. The van der Waals surface area contributed by atoms with Crippen LogP contribution in [0.4, 0.5) is 13.2 Å². The summed E-state index contributed by atoms with van der Waals surface area (Å²) in [6.07, 6.45) is -0.562. The molecule has 1 aliphatic carbocycles. The predicted octanol–water partition coefficient (Wildman–Crippen LogP) is 0.274. The normalized spacial score (nSPS) is 34.2. The van der Waals surface area contributed by atoms with Gasteiger partial charge in [0.05, 0.1) is 11.6 Å². The molecule has 9 heteroatoms. The van der Waals surface area contributed by atoms with Gasteiger partial charge in [-0.1, -0.05) is 0 Å². The molecular weight excluding hydrogens is 251 g/mol.